The van der Waals surface area contributed by atoms with E-state index < -0.39 is 0 Å². The zero-order valence-corrected chi connectivity index (χ0v) is 12.7. The molecule has 0 radical (unpaired) electrons. The highest BCUT2D eigenvalue weighted by atomic mass is 79.9. The zero-order chi connectivity index (χ0) is 11.7. The van der Waals surface area contributed by atoms with Crippen LogP contribution in [0.15, 0.2) is 32.7 Å². The standard InChI is InChI=1S/C13H14BrNS2/c14-13-4-3-12(17-13)8-15(11-1-2-11)7-10-5-6-16-9-10/h3-6,9,11H,1-2,7-8H2. The predicted octanol–water partition coefficient (Wildman–Crippen LogP) is 4.74. The second kappa shape index (κ2) is 5.22. The second-order valence-electron chi connectivity index (χ2n) is 4.47. The van der Waals surface area contributed by atoms with Crippen LogP contribution in [0.3, 0.4) is 0 Å². The van der Waals surface area contributed by atoms with Gasteiger partial charge in [0.1, 0.15) is 0 Å². The molecule has 2 aromatic heterocycles. The van der Waals surface area contributed by atoms with Crippen LogP contribution < -0.4 is 0 Å². The molecule has 1 nitrogen and oxygen atoms in total. The van der Waals surface area contributed by atoms with Crippen LogP contribution in [-0.4, -0.2) is 10.9 Å². The molecule has 1 aliphatic rings. The van der Waals surface area contributed by atoms with Gasteiger partial charge in [0.05, 0.1) is 3.79 Å². The van der Waals surface area contributed by atoms with Gasteiger partial charge in [-0.15, -0.1) is 11.3 Å². The van der Waals surface area contributed by atoms with E-state index in [-0.39, 0.29) is 0 Å². The lowest BCUT2D eigenvalue weighted by atomic mass is 10.3. The molecule has 0 unspecified atom stereocenters. The summed E-state index contributed by atoms with van der Waals surface area (Å²) in [6.07, 6.45) is 2.74. The second-order valence-corrected chi connectivity index (χ2v) is 7.80. The summed E-state index contributed by atoms with van der Waals surface area (Å²) in [6.45, 7) is 2.19. The van der Waals surface area contributed by atoms with Gasteiger partial charge in [-0.2, -0.15) is 11.3 Å². The molecule has 3 rings (SSSR count). The predicted molar refractivity (Wildman–Crippen MR) is 78.6 cm³/mol. The Hall–Kier alpha value is -0.160. The maximum absolute atomic E-state index is 3.54. The minimum absolute atomic E-state index is 0.816. The molecular weight excluding hydrogens is 314 g/mol. The number of hydrogen-bond acceptors (Lipinski definition) is 3. The molecular formula is C13H14BrNS2. The number of hydrogen-bond donors (Lipinski definition) is 0. The summed E-state index contributed by atoms with van der Waals surface area (Å²) in [7, 11) is 0. The van der Waals surface area contributed by atoms with E-state index in [1.165, 1.54) is 27.1 Å². The minimum atomic E-state index is 0.816. The van der Waals surface area contributed by atoms with E-state index in [0.717, 1.165) is 19.1 Å². The molecule has 1 saturated carbocycles. The van der Waals surface area contributed by atoms with Crippen LogP contribution in [0.1, 0.15) is 23.3 Å². The van der Waals surface area contributed by atoms with Gasteiger partial charge < -0.3 is 0 Å². The minimum Gasteiger partial charge on any atom is -0.291 e. The third kappa shape index (κ3) is 3.19. The molecule has 17 heavy (non-hydrogen) atoms. The molecule has 4 heteroatoms. The van der Waals surface area contributed by atoms with Crippen molar-refractivity contribution in [2.24, 2.45) is 0 Å². The Morgan fingerprint density at radius 3 is 2.71 bits per heavy atom. The smallest absolute Gasteiger partial charge is 0.0701 e. The largest absolute Gasteiger partial charge is 0.291 e. The Morgan fingerprint density at radius 1 is 1.24 bits per heavy atom. The van der Waals surface area contributed by atoms with Crippen LogP contribution in [0, 0.1) is 0 Å². The van der Waals surface area contributed by atoms with Crippen molar-refractivity contribution in [3.8, 4) is 0 Å². The van der Waals surface area contributed by atoms with Crippen LogP contribution in [0.4, 0.5) is 0 Å². The van der Waals surface area contributed by atoms with Crippen molar-refractivity contribution in [3.05, 3.63) is 43.2 Å². The van der Waals surface area contributed by atoms with E-state index in [4.69, 9.17) is 0 Å². The monoisotopic (exact) mass is 327 g/mol. The summed E-state index contributed by atoms with van der Waals surface area (Å²) >= 11 is 7.18. The Morgan fingerprint density at radius 2 is 2.12 bits per heavy atom. The summed E-state index contributed by atoms with van der Waals surface area (Å²) in [4.78, 5) is 4.07. The van der Waals surface area contributed by atoms with E-state index in [9.17, 15) is 0 Å². The number of thiophene rings is 2. The normalized spacial score (nSPS) is 15.6. The van der Waals surface area contributed by atoms with E-state index in [1.54, 1.807) is 11.3 Å². The molecule has 0 aliphatic heterocycles. The fraction of sp³-hybridized carbons (Fsp3) is 0.385. The van der Waals surface area contributed by atoms with Gasteiger partial charge in [-0.1, -0.05) is 0 Å². The summed E-state index contributed by atoms with van der Waals surface area (Å²) in [5.74, 6) is 0. The summed E-state index contributed by atoms with van der Waals surface area (Å²) < 4.78 is 1.23. The van der Waals surface area contributed by atoms with E-state index in [2.05, 4.69) is 49.8 Å². The molecule has 0 atom stereocenters. The van der Waals surface area contributed by atoms with Crippen LogP contribution in [0.25, 0.3) is 0 Å². The topological polar surface area (TPSA) is 3.24 Å². The highest BCUT2D eigenvalue weighted by molar-refractivity contribution is 9.11. The molecule has 1 aliphatic carbocycles. The fourth-order valence-electron chi connectivity index (χ4n) is 2.01. The van der Waals surface area contributed by atoms with Crippen molar-refractivity contribution in [1.29, 1.82) is 0 Å². The van der Waals surface area contributed by atoms with Crippen molar-refractivity contribution in [2.45, 2.75) is 32.0 Å². The van der Waals surface area contributed by atoms with Gasteiger partial charge in [0.25, 0.3) is 0 Å². The molecule has 0 N–H and O–H groups in total. The molecule has 2 aromatic rings. The molecule has 0 bridgehead atoms. The third-order valence-electron chi connectivity index (χ3n) is 3.02. The van der Waals surface area contributed by atoms with Crippen molar-refractivity contribution in [2.75, 3.05) is 0 Å². The maximum atomic E-state index is 3.54. The van der Waals surface area contributed by atoms with E-state index >= 15 is 0 Å². The summed E-state index contributed by atoms with van der Waals surface area (Å²) in [5, 5.41) is 4.43. The van der Waals surface area contributed by atoms with Crippen molar-refractivity contribution in [1.82, 2.24) is 4.90 Å². The van der Waals surface area contributed by atoms with Crippen LogP contribution in [0.2, 0.25) is 0 Å². The fourth-order valence-corrected chi connectivity index (χ4v) is 4.18. The van der Waals surface area contributed by atoms with E-state index in [0.29, 0.717) is 0 Å². The maximum Gasteiger partial charge on any atom is 0.0701 e. The number of nitrogens with zero attached hydrogens (tertiary/aromatic N) is 1. The van der Waals surface area contributed by atoms with Crippen LogP contribution in [0.5, 0.6) is 0 Å². The first-order valence-electron chi connectivity index (χ1n) is 5.80. The molecule has 0 saturated heterocycles. The SMILES string of the molecule is Brc1ccc(CN(Cc2ccsc2)C2CC2)s1. The van der Waals surface area contributed by atoms with Gasteiger partial charge in [-0.3, -0.25) is 4.90 Å². The average Bonchev–Trinajstić information content (AvgIpc) is 2.89. The first-order valence-corrected chi connectivity index (χ1v) is 8.36. The number of halogens is 1. The lowest BCUT2D eigenvalue weighted by molar-refractivity contribution is 0.248. The van der Waals surface area contributed by atoms with Crippen LogP contribution >= 0.6 is 38.6 Å². The lowest BCUT2D eigenvalue weighted by Crippen LogP contribution is -2.24. The molecule has 0 aromatic carbocycles. The highest BCUT2D eigenvalue weighted by Gasteiger charge is 2.29. The van der Waals surface area contributed by atoms with Gasteiger partial charge in [-0.25, -0.2) is 0 Å². The molecule has 90 valence electrons. The highest BCUT2D eigenvalue weighted by Crippen LogP contribution is 2.32. The van der Waals surface area contributed by atoms with Crippen molar-refractivity contribution >= 4 is 38.6 Å². The first kappa shape index (κ1) is 11.9. The van der Waals surface area contributed by atoms with Crippen molar-refractivity contribution in [3.63, 3.8) is 0 Å². The van der Waals surface area contributed by atoms with Gasteiger partial charge >= 0.3 is 0 Å². The third-order valence-corrected chi connectivity index (χ3v) is 5.36. The quantitative estimate of drug-likeness (QED) is 0.766. The average molecular weight is 328 g/mol. The van der Waals surface area contributed by atoms with Gasteiger partial charge in [0.2, 0.25) is 0 Å². The van der Waals surface area contributed by atoms with Gasteiger partial charge in [0, 0.05) is 24.0 Å². The lowest BCUT2D eigenvalue weighted by Gasteiger charge is -2.20. The summed E-state index contributed by atoms with van der Waals surface area (Å²) in [5.41, 5.74) is 1.46. The number of rotatable bonds is 5. The molecule has 0 amide bonds. The zero-order valence-electron chi connectivity index (χ0n) is 9.43. The molecule has 2 heterocycles. The Bertz CT molecular complexity index is 473. The van der Waals surface area contributed by atoms with Gasteiger partial charge in [0.15, 0.2) is 0 Å². The molecule has 1 fully saturated rings. The molecule has 0 spiro atoms. The van der Waals surface area contributed by atoms with Crippen LogP contribution in [-0.2, 0) is 13.1 Å². The van der Waals surface area contributed by atoms with Gasteiger partial charge in [-0.05, 0) is 63.3 Å². The first-order chi connectivity index (χ1) is 8.31. The Kier molecular flexibility index (Phi) is 3.66. The Labute approximate surface area is 118 Å². The Balaban J connectivity index is 1.68. The van der Waals surface area contributed by atoms with E-state index in [1.807, 2.05) is 11.3 Å². The van der Waals surface area contributed by atoms with Crippen molar-refractivity contribution < 1.29 is 0 Å². The summed E-state index contributed by atoms with van der Waals surface area (Å²) in [6, 6.07) is 7.44.